The number of pyridine rings is 1. The molecule has 3 heterocycles. The summed E-state index contributed by atoms with van der Waals surface area (Å²) in [6.45, 7) is 6.21. The molecule has 8 heteroatoms. The highest BCUT2D eigenvalue weighted by Crippen LogP contribution is 2.45. The van der Waals surface area contributed by atoms with E-state index in [9.17, 15) is 14.7 Å². The second-order valence-corrected chi connectivity index (χ2v) is 9.45. The highest BCUT2D eigenvalue weighted by Gasteiger charge is 2.50. The first kappa shape index (κ1) is 20.5. The van der Waals surface area contributed by atoms with Crippen molar-refractivity contribution in [3.8, 4) is 0 Å². The summed E-state index contributed by atoms with van der Waals surface area (Å²) in [5.41, 5.74) is 3.22. The molecule has 3 aromatic rings. The van der Waals surface area contributed by atoms with Crippen molar-refractivity contribution < 1.29 is 14.7 Å². The molecule has 8 nitrogen and oxygen atoms in total. The Morgan fingerprint density at radius 3 is 2.62 bits per heavy atom. The van der Waals surface area contributed by atoms with Gasteiger partial charge in [0.05, 0.1) is 17.3 Å². The highest BCUT2D eigenvalue weighted by atomic mass is 16.4. The Labute approximate surface area is 186 Å². The van der Waals surface area contributed by atoms with E-state index in [4.69, 9.17) is 0 Å². The van der Waals surface area contributed by atoms with E-state index in [-0.39, 0.29) is 17.8 Å². The number of hydrogen-bond acceptors (Lipinski definition) is 5. The number of hydrogen-bond donors (Lipinski definition) is 2. The number of benzene rings is 1. The van der Waals surface area contributed by atoms with Crippen LogP contribution >= 0.6 is 0 Å². The molecule has 1 saturated heterocycles. The lowest BCUT2D eigenvalue weighted by molar-refractivity contribution is -0.143. The van der Waals surface area contributed by atoms with E-state index >= 15 is 0 Å². The van der Waals surface area contributed by atoms with E-state index in [2.05, 4.69) is 57.6 Å². The van der Waals surface area contributed by atoms with Crippen LogP contribution in [0.15, 0.2) is 42.6 Å². The van der Waals surface area contributed by atoms with E-state index in [0.717, 1.165) is 30.8 Å². The zero-order valence-electron chi connectivity index (χ0n) is 18.3. The van der Waals surface area contributed by atoms with Crippen LogP contribution in [-0.4, -0.2) is 51.2 Å². The molecular weight excluding hydrogens is 406 g/mol. The maximum Gasteiger partial charge on any atom is 0.311 e. The van der Waals surface area contributed by atoms with Gasteiger partial charge in [-0.25, -0.2) is 9.50 Å². The van der Waals surface area contributed by atoms with Crippen LogP contribution in [0.3, 0.4) is 0 Å². The predicted molar refractivity (Wildman–Crippen MR) is 120 cm³/mol. The summed E-state index contributed by atoms with van der Waals surface area (Å²) < 4.78 is 1.65. The number of carbonyl (C=O) groups is 2. The van der Waals surface area contributed by atoms with Crippen LogP contribution in [0.4, 0.5) is 5.69 Å². The summed E-state index contributed by atoms with van der Waals surface area (Å²) in [5.74, 6) is -1.25. The van der Waals surface area contributed by atoms with Crippen molar-refractivity contribution in [1.82, 2.24) is 19.9 Å². The molecule has 1 amide bonds. The van der Waals surface area contributed by atoms with Crippen molar-refractivity contribution in [3.05, 3.63) is 59.5 Å². The van der Waals surface area contributed by atoms with Crippen molar-refractivity contribution >= 4 is 23.2 Å². The first-order valence-electron chi connectivity index (χ1n) is 11.0. The van der Waals surface area contributed by atoms with Crippen LogP contribution in [0.25, 0.3) is 5.65 Å². The van der Waals surface area contributed by atoms with Gasteiger partial charge in [0.15, 0.2) is 5.65 Å². The van der Waals surface area contributed by atoms with Crippen LogP contribution in [-0.2, 0) is 10.2 Å². The minimum absolute atomic E-state index is 0.0574. The third-order valence-electron chi connectivity index (χ3n) is 7.01. The molecule has 5 rings (SSSR count). The molecule has 1 aromatic carbocycles. The van der Waals surface area contributed by atoms with Crippen molar-refractivity contribution in [2.75, 3.05) is 24.5 Å². The van der Waals surface area contributed by atoms with Crippen molar-refractivity contribution in [2.45, 2.75) is 38.5 Å². The van der Waals surface area contributed by atoms with Crippen LogP contribution in [0.2, 0.25) is 0 Å². The molecule has 2 fully saturated rings. The number of nitrogens with one attached hydrogen (secondary N) is 1. The smallest absolute Gasteiger partial charge is 0.311 e. The number of aromatic nitrogens is 3. The fourth-order valence-corrected chi connectivity index (χ4v) is 4.60. The lowest BCUT2D eigenvalue weighted by atomic mass is 9.82. The number of nitrogens with zero attached hydrogens (tertiary/aromatic N) is 4. The zero-order valence-corrected chi connectivity index (χ0v) is 18.3. The molecule has 1 atom stereocenters. The van der Waals surface area contributed by atoms with Gasteiger partial charge in [-0.1, -0.05) is 37.3 Å². The summed E-state index contributed by atoms with van der Waals surface area (Å²) in [4.78, 5) is 30.6. The second kappa shape index (κ2) is 7.32. The predicted octanol–water partition coefficient (Wildman–Crippen LogP) is 2.80. The molecule has 0 spiro atoms. The molecule has 2 N–H and O–H groups in total. The second-order valence-electron chi connectivity index (χ2n) is 9.45. The van der Waals surface area contributed by atoms with E-state index in [1.54, 1.807) is 4.52 Å². The van der Waals surface area contributed by atoms with Gasteiger partial charge >= 0.3 is 5.97 Å². The Bertz CT molecular complexity index is 1200. The van der Waals surface area contributed by atoms with E-state index in [1.807, 2.05) is 19.2 Å². The van der Waals surface area contributed by atoms with Gasteiger partial charge in [0, 0.05) is 25.0 Å². The van der Waals surface area contributed by atoms with Gasteiger partial charge < -0.3 is 15.3 Å². The number of rotatable bonds is 6. The Hall–Kier alpha value is -3.42. The van der Waals surface area contributed by atoms with Crippen LogP contribution in [0, 0.1) is 12.3 Å². The fraction of sp³-hybridized carbons (Fsp3) is 0.417. The number of carbonyl (C=O) groups excluding carboxylic acids is 1. The zero-order chi connectivity index (χ0) is 22.5. The third kappa shape index (κ3) is 3.49. The lowest BCUT2D eigenvalue weighted by Crippen LogP contribution is -2.34. The molecule has 1 saturated carbocycles. The molecule has 0 bridgehead atoms. The first-order chi connectivity index (χ1) is 15.3. The van der Waals surface area contributed by atoms with Crippen molar-refractivity contribution in [1.29, 1.82) is 0 Å². The maximum absolute atomic E-state index is 12.6. The monoisotopic (exact) mass is 433 g/mol. The van der Waals surface area contributed by atoms with Crippen LogP contribution in [0.5, 0.6) is 0 Å². The maximum atomic E-state index is 12.6. The normalized spacial score (nSPS) is 21.6. The number of carboxylic acid groups (broad SMARTS) is 1. The van der Waals surface area contributed by atoms with Crippen molar-refractivity contribution in [2.24, 2.45) is 5.41 Å². The third-order valence-corrected chi connectivity index (χ3v) is 7.01. The lowest BCUT2D eigenvalue weighted by Gasteiger charge is -2.26. The summed E-state index contributed by atoms with van der Waals surface area (Å²) >= 11 is 0. The summed E-state index contributed by atoms with van der Waals surface area (Å²) in [7, 11) is 0. The number of amides is 1. The van der Waals surface area contributed by atoms with Crippen molar-refractivity contribution in [3.63, 3.8) is 0 Å². The van der Waals surface area contributed by atoms with Gasteiger partial charge in [-0.3, -0.25) is 9.59 Å². The van der Waals surface area contributed by atoms with Gasteiger partial charge in [0.2, 0.25) is 5.82 Å². The van der Waals surface area contributed by atoms with Gasteiger partial charge in [-0.2, -0.15) is 0 Å². The quantitative estimate of drug-likeness (QED) is 0.620. The summed E-state index contributed by atoms with van der Waals surface area (Å²) in [6, 6.07) is 12.7. The fourth-order valence-electron chi connectivity index (χ4n) is 4.60. The largest absolute Gasteiger partial charge is 0.481 e. The van der Waals surface area contributed by atoms with Gasteiger partial charge in [-0.15, -0.1) is 5.10 Å². The van der Waals surface area contributed by atoms with E-state index < -0.39 is 17.3 Å². The van der Waals surface area contributed by atoms with Gasteiger partial charge in [-0.05, 0) is 43.4 Å². The van der Waals surface area contributed by atoms with E-state index in [0.29, 0.717) is 18.5 Å². The summed E-state index contributed by atoms with van der Waals surface area (Å²) in [5, 5.41) is 16.4. The first-order valence-corrected chi connectivity index (χ1v) is 11.0. The molecule has 32 heavy (non-hydrogen) atoms. The topological polar surface area (TPSA) is 99.8 Å². The standard InChI is InChI=1S/C24H27N5O3/c1-16-12-18(28-11-10-23(2,15-28)17-6-4-3-5-7-17)13-29-20(16)26-19(27-29)21(30)25-14-24(8-9-24)22(31)32/h3-7,12-13H,8-11,14-15H2,1-2H3,(H,25,30)(H,31,32)/t23-/m0/s1. The number of fused-ring (bicyclic) bond motifs is 1. The Balaban J connectivity index is 1.35. The molecule has 0 unspecified atom stereocenters. The average molecular weight is 434 g/mol. The molecule has 2 aliphatic rings. The Morgan fingerprint density at radius 2 is 1.94 bits per heavy atom. The highest BCUT2D eigenvalue weighted by molar-refractivity contribution is 5.91. The average Bonchev–Trinajstić information content (AvgIpc) is 3.28. The minimum atomic E-state index is -0.866. The van der Waals surface area contributed by atoms with Crippen LogP contribution < -0.4 is 10.2 Å². The molecule has 2 aromatic heterocycles. The molecular formula is C24H27N5O3. The Kier molecular flexibility index (Phi) is 4.69. The van der Waals surface area contributed by atoms with Gasteiger partial charge in [0.1, 0.15) is 0 Å². The van der Waals surface area contributed by atoms with Gasteiger partial charge in [0.25, 0.3) is 5.91 Å². The van der Waals surface area contributed by atoms with Crippen LogP contribution in [0.1, 0.15) is 47.9 Å². The SMILES string of the molecule is Cc1cc(N2CC[C@](C)(c3ccccc3)C2)cn2nc(C(=O)NCC3(C(=O)O)CC3)nc12. The minimum Gasteiger partial charge on any atom is -0.481 e. The molecule has 166 valence electrons. The number of anilines is 1. The number of aryl methyl sites for hydroxylation is 1. The molecule has 0 radical (unpaired) electrons. The molecule has 1 aliphatic carbocycles. The summed E-state index contributed by atoms with van der Waals surface area (Å²) in [6.07, 6.45) is 4.15. The Morgan fingerprint density at radius 1 is 1.19 bits per heavy atom. The number of carboxylic acids is 1. The molecule has 1 aliphatic heterocycles. The van der Waals surface area contributed by atoms with E-state index in [1.165, 1.54) is 5.56 Å². The number of aliphatic carboxylic acids is 1.